The minimum Gasteiger partial charge on any atom is -0.490 e. The summed E-state index contributed by atoms with van der Waals surface area (Å²) in [4.78, 5) is 12.6. The SMILES string of the molecule is CCOc1cc(/C=C(/C#N)C(=O)Nc2nnc(CC)s2)cc(Br)c1OCCOc1ccc(C)cc1. The van der Waals surface area contributed by atoms with E-state index in [4.69, 9.17) is 14.2 Å². The van der Waals surface area contributed by atoms with E-state index in [1.165, 1.54) is 17.4 Å². The third-order valence-electron chi connectivity index (χ3n) is 4.62. The lowest BCUT2D eigenvalue weighted by Gasteiger charge is -2.15. The van der Waals surface area contributed by atoms with Crippen LogP contribution in [-0.2, 0) is 11.2 Å². The van der Waals surface area contributed by atoms with E-state index >= 15 is 0 Å². The predicted octanol–water partition coefficient (Wildman–Crippen LogP) is 5.57. The van der Waals surface area contributed by atoms with Crippen molar-refractivity contribution in [3.8, 4) is 23.3 Å². The van der Waals surface area contributed by atoms with Crippen LogP contribution < -0.4 is 19.5 Å². The van der Waals surface area contributed by atoms with Crippen LogP contribution in [0, 0.1) is 18.3 Å². The van der Waals surface area contributed by atoms with Gasteiger partial charge in [0.25, 0.3) is 5.91 Å². The van der Waals surface area contributed by atoms with Crippen molar-refractivity contribution in [3.05, 3.63) is 62.6 Å². The topological polar surface area (TPSA) is 106 Å². The highest BCUT2D eigenvalue weighted by atomic mass is 79.9. The molecule has 0 aliphatic carbocycles. The van der Waals surface area contributed by atoms with Crippen LogP contribution in [0.15, 0.2) is 46.4 Å². The van der Waals surface area contributed by atoms with Gasteiger partial charge in [-0.15, -0.1) is 10.2 Å². The molecule has 0 radical (unpaired) electrons. The van der Waals surface area contributed by atoms with E-state index in [9.17, 15) is 10.1 Å². The molecule has 1 N–H and O–H groups in total. The standard InChI is InChI=1S/C25H25BrN4O4S/c1-4-22-29-30-25(35-22)28-24(31)18(15-27)12-17-13-20(26)23(21(14-17)32-5-2)34-11-10-33-19-8-6-16(3)7-9-19/h6-9,12-14H,4-5,10-11H2,1-3H3,(H,28,30,31)/b18-12-. The van der Waals surface area contributed by atoms with Crippen LogP contribution in [0.25, 0.3) is 6.08 Å². The average molecular weight is 557 g/mol. The summed E-state index contributed by atoms with van der Waals surface area (Å²) in [5, 5.41) is 21.2. The molecule has 35 heavy (non-hydrogen) atoms. The first kappa shape index (κ1) is 26.2. The Hall–Kier alpha value is -3.42. The molecule has 0 aliphatic heterocycles. The lowest BCUT2D eigenvalue weighted by atomic mass is 10.1. The van der Waals surface area contributed by atoms with Gasteiger partial charge in [0.15, 0.2) is 11.5 Å². The van der Waals surface area contributed by atoms with E-state index in [0.717, 1.165) is 22.7 Å². The minimum absolute atomic E-state index is 0.0761. The maximum atomic E-state index is 12.6. The van der Waals surface area contributed by atoms with Crippen molar-refractivity contribution in [2.75, 3.05) is 25.1 Å². The number of amides is 1. The summed E-state index contributed by atoms with van der Waals surface area (Å²) in [5.41, 5.74) is 1.69. The summed E-state index contributed by atoms with van der Waals surface area (Å²) in [7, 11) is 0. The molecule has 10 heteroatoms. The van der Waals surface area contributed by atoms with E-state index in [-0.39, 0.29) is 5.57 Å². The van der Waals surface area contributed by atoms with Crippen molar-refractivity contribution in [2.24, 2.45) is 0 Å². The molecule has 1 amide bonds. The number of ether oxygens (including phenoxy) is 3. The van der Waals surface area contributed by atoms with Crippen molar-refractivity contribution < 1.29 is 19.0 Å². The lowest BCUT2D eigenvalue weighted by Crippen LogP contribution is -2.13. The lowest BCUT2D eigenvalue weighted by molar-refractivity contribution is -0.112. The number of carbonyl (C=O) groups is 1. The summed E-state index contributed by atoms with van der Waals surface area (Å²) in [6.45, 7) is 6.90. The Morgan fingerprint density at radius 2 is 1.89 bits per heavy atom. The van der Waals surface area contributed by atoms with Crippen LogP contribution in [0.3, 0.4) is 0 Å². The quantitative estimate of drug-likeness (QED) is 0.187. The van der Waals surface area contributed by atoms with Crippen LogP contribution in [0.2, 0.25) is 0 Å². The summed E-state index contributed by atoms with van der Waals surface area (Å²) in [5.74, 6) is 1.21. The second-order valence-electron chi connectivity index (χ2n) is 7.25. The zero-order chi connectivity index (χ0) is 25.2. The van der Waals surface area contributed by atoms with Gasteiger partial charge in [-0.3, -0.25) is 10.1 Å². The molecule has 0 fully saturated rings. The molecule has 0 aliphatic rings. The monoisotopic (exact) mass is 556 g/mol. The number of nitriles is 1. The summed E-state index contributed by atoms with van der Waals surface area (Å²) in [6, 6.07) is 13.2. The Balaban J connectivity index is 1.71. The second kappa shape index (κ2) is 12.9. The first-order chi connectivity index (χ1) is 16.9. The highest BCUT2D eigenvalue weighted by Gasteiger charge is 2.16. The van der Waals surface area contributed by atoms with E-state index < -0.39 is 5.91 Å². The number of hydrogen-bond acceptors (Lipinski definition) is 8. The van der Waals surface area contributed by atoms with Gasteiger partial charge < -0.3 is 14.2 Å². The van der Waals surface area contributed by atoms with Crippen molar-refractivity contribution in [2.45, 2.75) is 27.2 Å². The number of anilines is 1. The number of hydrogen-bond donors (Lipinski definition) is 1. The maximum absolute atomic E-state index is 12.6. The molecule has 182 valence electrons. The predicted molar refractivity (Wildman–Crippen MR) is 139 cm³/mol. The Morgan fingerprint density at radius 3 is 2.54 bits per heavy atom. The maximum Gasteiger partial charge on any atom is 0.268 e. The second-order valence-corrected chi connectivity index (χ2v) is 9.17. The molecule has 0 saturated heterocycles. The molecule has 8 nitrogen and oxygen atoms in total. The molecule has 0 bridgehead atoms. The Morgan fingerprint density at radius 1 is 1.14 bits per heavy atom. The number of benzene rings is 2. The third kappa shape index (κ3) is 7.53. The zero-order valence-electron chi connectivity index (χ0n) is 19.6. The summed E-state index contributed by atoms with van der Waals surface area (Å²) < 4.78 is 18.0. The van der Waals surface area contributed by atoms with E-state index in [2.05, 4.69) is 31.4 Å². The van der Waals surface area contributed by atoms with Gasteiger partial charge in [0.1, 0.15) is 35.6 Å². The molecular weight excluding hydrogens is 532 g/mol. The number of aryl methyl sites for hydroxylation is 2. The first-order valence-electron chi connectivity index (χ1n) is 11.0. The number of nitrogens with zero attached hydrogens (tertiary/aromatic N) is 3. The number of rotatable bonds is 11. The van der Waals surface area contributed by atoms with Crippen molar-refractivity contribution in [3.63, 3.8) is 0 Å². The Labute approximate surface area is 216 Å². The van der Waals surface area contributed by atoms with Gasteiger partial charge in [-0.2, -0.15) is 5.26 Å². The molecule has 3 rings (SSSR count). The number of carbonyl (C=O) groups excluding carboxylic acids is 1. The average Bonchev–Trinajstić information content (AvgIpc) is 3.30. The molecule has 0 saturated carbocycles. The van der Waals surface area contributed by atoms with Crippen molar-refractivity contribution >= 4 is 44.4 Å². The van der Waals surface area contributed by atoms with Gasteiger partial charge in [0.2, 0.25) is 5.13 Å². The van der Waals surface area contributed by atoms with Crippen LogP contribution >= 0.6 is 27.3 Å². The number of halogens is 1. The van der Waals surface area contributed by atoms with Gasteiger partial charge >= 0.3 is 0 Å². The summed E-state index contributed by atoms with van der Waals surface area (Å²) >= 11 is 4.78. The molecule has 3 aromatic rings. The molecule has 0 unspecified atom stereocenters. The van der Waals surface area contributed by atoms with Gasteiger partial charge in [-0.05, 0) is 72.1 Å². The van der Waals surface area contributed by atoms with Gasteiger partial charge in [0.05, 0.1) is 11.1 Å². The summed E-state index contributed by atoms with van der Waals surface area (Å²) in [6.07, 6.45) is 2.20. The third-order valence-corrected chi connectivity index (χ3v) is 6.19. The number of nitrogens with one attached hydrogen (secondary N) is 1. The van der Waals surface area contributed by atoms with Crippen LogP contribution in [0.5, 0.6) is 17.2 Å². The van der Waals surface area contributed by atoms with Crippen LogP contribution in [-0.4, -0.2) is 35.9 Å². The first-order valence-corrected chi connectivity index (χ1v) is 12.6. The van der Waals surface area contributed by atoms with E-state index in [1.807, 2.05) is 51.1 Å². The van der Waals surface area contributed by atoms with E-state index in [0.29, 0.717) is 46.5 Å². The fourth-order valence-electron chi connectivity index (χ4n) is 2.94. The molecular formula is C25H25BrN4O4S. The molecule has 2 aromatic carbocycles. The molecule has 1 heterocycles. The fourth-order valence-corrected chi connectivity index (χ4v) is 4.19. The molecule has 0 atom stereocenters. The normalized spacial score (nSPS) is 11.0. The fraction of sp³-hybridized carbons (Fsp3) is 0.280. The van der Waals surface area contributed by atoms with Crippen LogP contribution in [0.4, 0.5) is 5.13 Å². The number of aromatic nitrogens is 2. The van der Waals surface area contributed by atoms with Gasteiger partial charge in [0, 0.05) is 0 Å². The minimum atomic E-state index is -0.561. The smallest absolute Gasteiger partial charge is 0.268 e. The van der Waals surface area contributed by atoms with Gasteiger partial charge in [-0.1, -0.05) is 36.0 Å². The largest absolute Gasteiger partial charge is 0.490 e. The van der Waals surface area contributed by atoms with Crippen molar-refractivity contribution in [1.29, 1.82) is 5.26 Å². The van der Waals surface area contributed by atoms with Crippen LogP contribution in [0.1, 0.15) is 30.0 Å². The highest BCUT2D eigenvalue weighted by molar-refractivity contribution is 9.10. The van der Waals surface area contributed by atoms with E-state index in [1.54, 1.807) is 12.1 Å². The highest BCUT2D eigenvalue weighted by Crippen LogP contribution is 2.37. The van der Waals surface area contributed by atoms with Crippen molar-refractivity contribution in [1.82, 2.24) is 10.2 Å². The molecule has 1 aromatic heterocycles. The Bertz CT molecular complexity index is 1240. The zero-order valence-corrected chi connectivity index (χ0v) is 22.0. The van der Waals surface area contributed by atoms with Gasteiger partial charge in [-0.25, -0.2) is 0 Å². The molecule has 0 spiro atoms. The Kier molecular flexibility index (Phi) is 9.64.